The summed E-state index contributed by atoms with van der Waals surface area (Å²) in [5.41, 5.74) is 0.0155. The lowest BCUT2D eigenvalue weighted by molar-refractivity contribution is -0.120. The molecule has 1 aromatic heterocycles. The summed E-state index contributed by atoms with van der Waals surface area (Å²) in [7, 11) is 0. The highest BCUT2D eigenvalue weighted by Gasteiger charge is 2.43. The number of ketones is 1. The highest BCUT2D eigenvalue weighted by Crippen LogP contribution is 2.41. The van der Waals surface area contributed by atoms with Crippen LogP contribution in [0.5, 0.6) is 0 Å². The summed E-state index contributed by atoms with van der Waals surface area (Å²) in [5, 5.41) is 10.1. The fraction of sp³-hybridized carbons (Fsp3) is 0.333. The van der Waals surface area contributed by atoms with Crippen molar-refractivity contribution in [3.8, 4) is 6.07 Å². The van der Waals surface area contributed by atoms with Gasteiger partial charge in [-0.1, -0.05) is 18.5 Å². The van der Waals surface area contributed by atoms with Gasteiger partial charge >= 0.3 is 0 Å². The van der Waals surface area contributed by atoms with E-state index in [1.807, 2.05) is 13.0 Å². The molecule has 1 fully saturated rings. The third-order valence-electron chi connectivity index (χ3n) is 3.85. The summed E-state index contributed by atoms with van der Waals surface area (Å²) in [6, 6.07) is 6.67. The average Bonchev–Trinajstić information content (AvgIpc) is 3.16. The Morgan fingerprint density at radius 3 is 2.90 bits per heavy atom. The van der Waals surface area contributed by atoms with Crippen molar-refractivity contribution in [2.24, 2.45) is 11.8 Å². The van der Waals surface area contributed by atoms with Crippen LogP contribution in [-0.2, 0) is 4.79 Å². The average molecular weight is 302 g/mol. The van der Waals surface area contributed by atoms with Crippen LogP contribution in [0.3, 0.4) is 0 Å². The molecule has 1 aliphatic carbocycles. The molecule has 1 N–H and O–H groups in total. The van der Waals surface area contributed by atoms with Gasteiger partial charge in [0.2, 0.25) is 0 Å². The van der Waals surface area contributed by atoms with Gasteiger partial charge in [0.1, 0.15) is 5.82 Å². The van der Waals surface area contributed by atoms with Crippen molar-refractivity contribution in [1.29, 1.82) is 5.26 Å². The summed E-state index contributed by atoms with van der Waals surface area (Å²) in [5.74, 6) is -0.906. The van der Waals surface area contributed by atoms with Gasteiger partial charge in [0, 0.05) is 10.9 Å². The Balaban J connectivity index is 2.09. The van der Waals surface area contributed by atoms with Crippen LogP contribution in [-0.4, -0.2) is 15.8 Å². The summed E-state index contributed by atoms with van der Waals surface area (Å²) in [6.45, 7) is 1.97. The number of fused-ring (bicyclic) bond motifs is 1. The number of aromatic amines is 1. The SMILES string of the molecule is CC1CC1C(=O)C(C#N)c1nc2cc(Cl)ccc2c(=O)[nH]1. The fourth-order valence-electron chi connectivity index (χ4n) is 2.46. The first-order chi connectivity index (χ1) is 10.0. The number of hydrogen-bond donors (Lipinski definition) is 1. The van der Waals surface area contributed by atoms with Crippen LogP contribution in [0.2, 0.25) is 5.02 Å². The lowest BCUT2D eigenvalue weighted by atomic mass is 10.00. The van der Waals surface area contributed by atoms with Crippen molar-refractivity contribution in [2.75, 3.05) is 0 Å². The standard InChI is InChI=1S/C15H12ClN3O2/c1-7-4-10(7)13(20)11(6-17)14-18-12-5-8(16)2-3-9(12)15(21)19-14/h2-3,5,7,10-11H,4H2,1H3,(H,18,19,21). The molecule has 0 saturated heterocycles. The first-order valence-corrected chi connectivity index (χ1v) is 7.02. The van der Waals surface area contributed by atoms with Gasteiger partial charge < -0.3 is 4.98 Å². The molecule has 1 aromatic carbocycles. The van der Waals surface area contributed by atoms with E-state index >= 15 is 0 Å². The van der Waals surface area contributed by atoms with E-state index in [2.05, 4.69) is 9.97 Å². The number of aromatic nitrogens is 2. The van der Waals surface area contributed by atoms with Crippen molar-refractivity contribution in [1.82, 2.24) is 9.97 Å². The minimum Gasteiger partial charge on any atom is -0.308 e. The second kappa shape index (κ2) is 4.97. The zero-order valence-electron chi connectivity index (χ0n) is 11.3. The number of nitrogens with zero attached hydrogens (tertiary/aromatic N) is 2. The number of benzene rings is 1. The van der Waals surface area contributed by atoms with E-state index in [4.69, 9.17) is 11.6 Å². The second-order valence-electron chi connectivity index (χ2n) is 5.40. The maximum atomic E-state index is 12.3. The monoisotopic (exact) mass is 301 g/mol. The van der Waals surface area contributed by atoms with Crippen LogP contribution in [0.4, 0.5) is 0 Å². The predicted molar refractivity (Wildman–Crippen MR) is 78.0 cm³/mol. The third kappa shape index (κ3) is 2.43. The highest BCUT2D eigenvalue weighted by atomic mass is 35.5. The molecule has 3 atom stereocenters. The number of halogens is 1. The molecule has 3 rings (SSSR count). The molecule has 5 nitrogen and oxygen atoms in total. The molecule has 0 amide bonds. The summed E-state index contributed by atoms with van der Waals surface area (Å²) < 4.78 is 0. The highest BCUT2D eigenvalue weighted by molar-refractivity contribution is 6.31. The molecule has 6 heteroatoms. The zero-order valence-corrected chi connectivity index (χ0v) is 12.0. The van der Waals surface area contributed by atoms with Crippen molar-refractivity contribution in [3.05, 3.63) is 39.4 Å². The van der Waals surface area contributed by atoms with Crippen molar-refractivity contribution in [3.63, 3.8) is 0 Å². The van der Waals surface area contributed by atoms with E-state index in [1.54, 1.807) is 18.2 Å². The molecule has 3 unspecified atom stereocenters. The molecule has 0 bridgehead atoms. The van der Waals surface area contributed by atoms with E-state index in [0.717, 1.165) is 6.42 Å². The van der Waals surface area contributed by atoms with Gasteiger partial charge in [0.15, 0.2) is 11.7 Å². The van der Waals surface area contributed by atoms with Gasteiger partial charge in [-0.25, -0.2) is 4.98 Å². The van der Waals surface area contributed by atoms with Gasteiger partial charge in [-0.3, -0.25) is 9.59 Å². The number of H-pyrrole nitrogens is 1. The topological polar surface area (TPSA) is 86.6 Å². The number of nitrogens with one attached hydrogen (secondary N) is 1. The number of rotatable bonds is 3. The summed E-state index contributed by atoms with van der Waals surface area (Å²) in [6.07, 6.45) is 0.792. The Morgan fingerprint density at radius 2 is 2.29 bits per heavy atom. The van der Waals surface area contributed by atoms with E-state index < -0.39 is 5.92 Å². The van der Waals surface area contributed by atoms with E-state index in [1.165, 1.54) is 0 Å². The molecule has 1 saturated carbocycles. The largest absolute Gasteiger partial charge is 0.308 e. The maximum absolute atomic E-state index is 12.3. The minimum absolute atomic E-state index is 0.0985. The van der Waals surface area contributed by atoms with E-state index in [-0.39, 0.29) is 23.1 Å². The van der Waals surface area contributed by atoms with Crippen LogP contribution in [0.25, 0.3) is 10.9 Å². The smallest absolute Gasteiger partial charge is 0.258 e. The van der Waals surface area contributed by atoms with E-state index in [0.29, 0.717) is 21.8 Å². The molecular formula is C15H12ClN3O2. The van der Waals surface area contributed by atoms with Crippen molar-refractivity contribution < 1.29 is 4.79 Å². The second-order valence-corrected chi connectivity index (χ2v) is 5.83. The summed E-state index contributed by atoms with van der Waals surface area (Å²) >= 11 is 5.89. The number of carbonyl (C=O) groups excluding carboxylic acids is 1. The summed E-state index contributed by atoms with van der Waals surface area (Å²) in [4.78, 5) is 31.1. The van der Waals surface area contributed by atoms with Crippen LogP contribution in [0.15, 0.2) is 23.0 Å². The van der Waals surface area contributed by atoms with Crippen molar-refractivity contribution >= 4 is 28.3 Å². The Labute approximate surface area is 125 Å². The fourth-order valence-corrected chi connectivity index (χ4v) is 2.63. The molecule has 106 valence electrons. The van der Waals surface area contributed by atoms with Gasteiger partial charge in [-0.2, -0.15) is 5.26 Å². The van der Waals surface area contributed by atoms with Gasteiger partial charge in [0.25, 0.3) is 5.56 Å². The zero-order chi connectivity index (χ0) is 15.1. The predicted octanol–water partition coefficient (Wildman–Crippen LogP) is 2.41. The lowest BCUT2D eigenvalue weighted by Crippen LogP contribution is -2.21. The molecule has 0 radical (unpaired) electrons. The lowest BCUT2D eigenvalue weighted by Gasteiger charge is -2.08. The molecule has 0 spiro atoms. The number of carbonyl (C=O) groups is 1. The van der Waals surface area contributed by atoms with Crippen LogP contribution in [0, 0.1) is 23.2 Å². The van der Waals surface area contributed by atoms with Crippen LogP contribution >= 0.6 is 11.6 Å². The third-order valence-corrected chi connectivity index (χ3v) is 4.08. The first kappa shape index (κ1) is 13.8. The van der Waals surface area contributed by atoms with E-state index in [9.17, 15) is 14.9 Å². The quantitative estimate of drug-likeness (QED) is 0.943. The first-order valence-electron chi connectivity index (χ1n) is 6.64. The molecule has 2 aromatic rings. The normalized spacial score (nSPS) is 21.8. The minimum atomic E-state index is -1.03. The van der Waals surface area contributed by atoms with Gasteiger partial charge in [-0.15, -0.1) is 0 Å². The van der Waals surface area contributed by atoms with Crippen LogP contribution in [0.1, 0.15) is 25.1 Å². The Bertz CT molecular complexity index is 837. The molecule has 21 heavy (non-hydrogen) atoms. The molecule has 1 aliphatic rings. The molecule has 0 aliphatic heterocycles. The van der Waals surface area contributed by atoms with Crippen LogP contribution < -0.4 is 5.56 Å². The number of hydrogen-bond acceptors (Lipinski definition) is 4. The number of Topliss-reactive ketones (excluding diaryl/α,β-unsaturated/α-hetero) is 1. The van der Waals surface area contributed by atoms with Gasteiger partial charge in [-0.05, 0) is 30.5 Å². The number of nitriles is 1. The maximum Gasteiger partial charge on any atom is 0.258 e. The molecule has 1 heterocycles. The Kier molecular flexibility index (Phi) is 3.26. The Hall–Kier alpha value is -2.19. The Morgan fingerprint density at radius 1 is 1.57 bits per heavy atom. The molecular weight excluding hydrogens is 290 g/mol. The van der Waals surface area contributed by atoms with Crippen molar-refractivity contribution in [2.45, 2.75) is 19.3 Å². The van der Waals surface area contributed by atoms with Gasteiger partial charge in [0.05, 0.1) is 17.0 Å².